The minimum Gasteiger partial charge on any atom is -0.493 e. The molecule has 7 nitrogen and oxygen atoms in total. The molecule has 3 aliphatic heterocycles. The van der Waals surface area contributed by atoms with Gasteiger partial charge in [-0.3, -0.25) is 9.59 Å². The molecule has 0 radical (unpaired) electrons. The molecule has 2 saturated heterocycles. The maximum absolute atomic E-state index is 13.2. The second kappa shape index (κ2) is 8.26. The summed E-state index contributed by atoms with van der Waals surface area (Å²) in [5.74, 6) is 0.253. The molecule has 8 heteroatoms. The van der Waals surface area contributed by atoms with Gasteiger partial charge >= 0.3 is 0 Å². The first-order chi connectivity index (χ1) is 15.5. The number of ether oxygens (including phenoxy) is 3. The molecule has 4 atom stereocenters. The maximum Gasteiger partial charge on any atom is 0.230 e. The van der Waals surface area contributed by atoms with Gasteiger partial charge in [-0.2, -0.15) is 0 Å². The number of hydrogen-bond acceptors (Lipinski definition) is 6. The van der Waals surface area contributed by atoms with Crippen LogP contribution >= 0.6 is 11.3 Å². The van der Waals surface area contributed by atoms with Crippen molar-refractivity contribution < 1.29 is 23.8 Å². The summed E-state index contributed by atoms with van der Waals surface area (Å²) in [4.78, 5) is 29.3. The van der Waals surface area contributed by atoms with Crippen LogP contribution in [0.3, 0.4) is 0 Å². The van der Waals surface area contributed by atoms with Gasteiger partial charge < -0.3 is 24.4 Å². The van der Waals surface area contributed by atoms with Gasteiger partial charge in [-0.05, 0) is 35.6 Å². The van der Waals surface area contributed by atoms with E-state index in [4.69, 9.17) is 14.2 Å². The predicted octanol–water partition coefficient (Wildman–Crippen LogP) is 2.41. The van der Waals surface area contributed by atoms with Crippen molar-refractivity contribution in [3.63, 3.8) is 0 Å². The van der Waals surface area contributed by atoms with E-state index >= 15 is 0 Å². The smallest absolute Gasteiger partial charge is 0.230 e. The molecule has 1 aromatic heterocycles. The Bertz CT molecular complexity index is 1050. The lowest BCUT2D eigenvalue weighted by Gasteiger charge is -2.23. The SMILES string of the molecule is COc1ccc(CCNC(=O)[C@H]2[C@@H]3C=C[C@@]4(CN(Cc5cccs5)C(=O)[C@H]24)O3)cc1OC. The summed E-state index contributed by atoms with van der Waals surface area (Å²) in [6, 6.07) is 9.72. The number of benzene rings is 1. The molecule has 2 amide bonds. The number of nitrogens with one attached hydrogen (secondary N) is 1. The summed E-state index contributed by atoms with van der Waals surface area (Å²) in [6.45, 7) is 1.52. The van der Waals surface area contributed by atoms with Crippen LogP contribution in [0.25, 0.3) is 0 Å². The van der Waals surface area contributed by atoms with Gasteiger partial charge in [0.2, 0.25) is 11.8 Å². The molecule has 1 N–H and O–H groups in total. The molecule has 168 valence electrons. The third kappa shape index (κ3) is 3.47. The Morgan fingerprint density at radius 1 is 1.28 bits per heavy atom. The minimum absolute atomic E-state index is 0.00490. The van der Waals surface area contributed by atoms with E-state index in [9.17, 15) is 9.59 Å². The van der Waals surface area contributed by atoms with E-state index in [-0.39, 0.29) is 17.9 Å². The summed E-state index contributed by atoms with van der Waals surface area (Å²) in [7, 11) is 3.20. The number of hydrogen-bond donors (Lipinski definition) is 1. The number of likely N-dealkylation sites (tertiary alicyclic amines) is 1. The van der Waals surface area contributed by atoms with Crippen LogP contribution in [-0.2, 0) is 27.3 Å². The first kappa shape index (κ1) is 21.0. The number of thiophene rings is 1. The van der Waals surface area contributed by atoms with Crippen molar-refractivity contribution in [1.82, 2.24) is 10.2 Å². The average molecular weight is 455 g/mol. The number of carbonyl (C=O) groups excluding carboxylic acids is 2. The largest absolute Gasteiger partial charge is 0.493 e. The lowest BCUT2D eigenvalue weighted by Crippen LogP contribution is -2.44. The Morgan fingerprint density at radius 3 is 2.88 bits per heavy atom. The predicted molar refractivity (Wildman–Crippen MR) is 120 cm³/mol. The van der Waals surface area contributed by atoms with Crippen molar-refractivity contribution >= 4 is 23.2 Å². The molecule has 32 heavy (non-hydrogen) atoms. The summed E-state index contributed by atoms with van der Waals surface area (Å²) < 4.78 is 16.8. The minimum atomic E-state index is -0.676. The van der Waals surface area contributed by atoms with Crippen molar-refractivity contribution in [2.24, 2.45) is 11.8 Å². The number of nitrogens with zero attached hydrogens (tertiary/aromatic N) is 1. The molecule has 2 bridgehead atoms. The van der Waals surface area contributed by atoms with Crippen molar-refractivity contribution in [2.75, 3.05) is 27.3 Å². The Balaban J connectivity index is 1.24. The Kier molecular flexibility index (Phi) is 5.43. The van der Waals surface area contributed by atoms with E-state index in [1.165, 1.54) is 0 Å². The van der Waals surface area contributed by atoms with Crippen molar-refractivity contribution in [1.29, 1.82) is 0 Å². The number of methoxy groups -OCH3 is 2. The standard InChI is InChI=1S/C24H26N2O5S/c1-29-17-6-5-15(12-19(17)30-2)8-10-25-22(27)20-18-7-9-24(31-18)14-26(23(28)21(20)24)13-16-4-3-11-32-16/h3-7,9,11-12,18,20-21H,8,10,13-14H2,1-2H3,(H,25,27)/t18-,20-,21-,24-/m0/s1. The monoisotopic (exact) mass is 454 g/mol. The highest BCUT2D eigenvalue weighted by Crippen LogP contribution is 2.52. The van der Waals surface area contributed by atoms with Crippen LogP contribution < -0.4 is 14.8 Å². The van der Waals surface area contributed by atoms with Crippen LogP contribution in [0.5, 0.6) is 11.5 Å². The zero-order chi connectivity index (χ0) is 22.3. The summed E-state index contributed by atoms with van der Waals surface area (Å²) in [6.07, 6.45) is 4.24. The van der Waals surface area contributed by atoms with E-state index in [1.807, 2.05) is 52.8 Å². The second-order valence-corrected chi connectivity index (χ2v) is 9.44. The molecule has 0 aliphatic carbocycles. The van der Waals surface area contributed by atoms with E-state index < -0.39 is 17.4 Å². The van der Waals surface area contributed by atoms with Gasteiger partial charge in [-0.15, -0.1) is 11.3 Å². The van der Waals surface area contributed by atoms with Gasteiger partial charge in [0, 0.05) is 11.4 Å². The highest BCUT2D eigenvalue weighted by Gasteiger charge is 2.66. The Morgan fingerprint density at radius 2 is 2.12 bits per heavy atom. The fourth-order valence-corrected chi connectivity index (χ4v) is 5.81. The lowest BCUT2D eigenvalue weighted by atomic mass is 9.77. The first-order valence-corrected chi connectivity index (χ1v) is 11.6. The molecular formula is C24H26N2O5S. The lowest BCUT2D eigenvalue weighted by molar-refractivity contribution is -0.137. The third-order valence-electron chi connectivity index (χ3n) is 6.57. The van der Waals surface area contributed by atoms with Crippen LogP contribution in [0.2, 0.25) is 0 Å². The number of fused-ring (bicyclic) bond motifs is 1. The van der Waals surface area contributed by atoms with Crippen LogP contribution in [0.4, 0.5) is 0 Å². The summed E-state index contributed by atoms with van der Waals surface area (Å²) in [5.41, 5.74) is 0.354. The van der Waals surface area contributed by atoms with E-state index in [1.54, 1.807) is 25.6 Å². The molecule has 3 aliphatic rings. The molecule has 0 saturated carbocycles. The van der Waals surface area contributed by atoms with Crippen LogP contribution in [0, 0.1) is 11.8 Å². The van der Waals surface area contributed by atoms with Gasteiger partial charge in [0.25, 0.3) is 0 Å². The molecule has 4 heterocycles. The number of carbonyl (C=O) groups is 2. The maximum atomic E-state index is 13.2. The summed E-state index contributed by atoms with van der Waals surface area (Å²) in [5, 5.41) is 5.03. The van der Waals surface area contributed by atoms with Gasteiger partial charge in [0.1, 0.15) is 5.60 Å². The molecule has 1 spiro atoms. The Hall–Kier alpha value is -2.84. The van der Waals surface area contributed by atoms with Crippen LogP contribution in [-0.4, -0.2) is 55.7 Å². The van der Waals surface area contributed by atoms with Crippen molar-refractivity contribution in [2.45, 2.75) is 24.7 Å². The highest BCUT2D eigenvalue weighted by molar-refractivity contribution is 7.09. The second-order valence-electron chi connectivity index (χ2n) is 8.40. The fourth-order valence-electron chi connectivity index (χ4n) is 5.09. The molecule has 2 aromatic rings. The molecule has 5 rings (SSSR count). The van der Waals surface area contributed by atoms with Gasteiger partial charge in [-0.1, -0.05) is 24.3 Å². The molecule has 2 fully saturated rings. The van der Waals surface area contributed by atoms with Crippen molar-refractivity contribution in [3.05, 3.63) is 58.3 Å². The van der Waals surface area contributed by atoms with Crippen LogP contribution in [0.15, 0.2) is 47.9 Å². The quantitative estimate of drug-likeness (QED) is 0.620. The summed E-state index contributed by atoms with van der Waals surface area (Å²) >= 11 is 1.63. The average Bonchev–Trinajstić information content (AvgIpc) is 3.57. The Labute approximate surface area is 191 Å². The van der Waals surface area contributed by atoms with Crippen molar-refractivity contribution in [3.8, 4) is 11.5 Å². The van der Waals surface area contributed by atoms with E-state index in [0.29, 0.717) is 37.6 Å². The first-order valence-electron chi connectivity index (χ1n) is 10.7. The third-order valence-corrected chi connectivity index (χ3v) is 7.43. The normalized spacial score (nSPS) is 27.6. The van der Waals surface area contributed by atoms with E-state index in [2.05, 4.69) is 5.32 Å². The van der Waals surface area contributed by atoms with Crippen LogP contribution in [0.1, 0.15) is 10.4 Å². The van der Waals surface area contributed by atoms with E-state index in [0.717, 1.165) is 10.4 Å². The zero-order valence-electron chi connectivity index (χ0n) is 18.1. The number of rotatable bonds is 8. The number of amides is 2. The highest BCUT2D eigenvalue weighted by atomic mass is 32.1. The zero-order valence-corrected chi connectivity index (χ0v) is 18.9. The molecular weight excluding hydrogens is 428 g/mol. The van der Waals surface area contributed by atoms with Gasteiger partial charge in [0.15, 0.2) is 11.5 Å². The van der Waals surface area contributed by atoms with Gasteiger partial charge in [0.05, 0.1) is 45.2 Å². The molecule has 0 unspecified atom stereocenters. The van der Waals surface area contributed by atoms with Gasteiger partial charge in [-0.25, -0.2) is 0 Å². The topological polar surface area (TPSA) is 77.1 Å². The fraction of sp³-hybridized carbons (Fsp3) is 0.417. The molecule has 1 aromatic carbocycles.